The Kier molecular flexibility index (Phi) is 3.96. The SMILES string of the molecule is CCC(C)N(C)c1cc(Cl)nnc1Cl. The molecule has 1 aromatic rings. The maximum atomic E-state index is 5.92. The van der Waals surface area contributed by atoms with E-state index >= 15 is 0 Å². The van der Waals surface area contributed by atoms with Crippen LogP contribution in [0, 0.1) is 0 Å². The van der Waals surface area contributed by atoms with Crippen molar-refractivity contribution < 1.29 is 0 Å². The molecule has 0 spiro atoms. The van der Waals surface area contributed by atoms with E-state index in [2.05, 4.69) is 24.0 Å². The lowest BCUT2D eigenvalue weighted by Gasteiger charge is -2.26. The van der Waals surface area contributed by atoms with Crippen LogP contribution in [0.5, 0.6) is 0 Å². The fourth-order valence-electron chi connectivity index (χ4n) is 1.10. The van der Waals surface area contributed by atoms with Gasteiger partial charge in [-0.2, -0.15) is 0 Å². The second-order valence-electron chi connectivity index (χ2n) is 3.21. The molecule has 1 atom stereocenters. The molecule has 14 heavy (non-hydrogen) atoms. The highest BCUT2D eigenvalue weighted by Crippen LogP contribution is 2.26. The Morgan fingerprint density at radius 1 is 1.43 bits per heavy atom. The minimum atomic E-state index is 0.361. The van der Waals surface area contributed by atoms with Crippen molar-refractivity contribution in [2.75, 3.05) is 11.9 Å². The third-order valence-electron chi connectivity index (χ3n) is 2.33. The first-order valence-corrected chi connectivity index (χ1v) is 5.23. The molecule has 0 saturated heterocycles. The van der Waals surface area contributed by atoms with Crippen molar-refractivity contribution in [2.45, 2.75) is 26.3 Å². The summed E-state index contributed by atoms with van der Waals surface area (Å²) < 4.78 is 0. The van der Waals surface area contributed by atoms with E-state index in [-0.39, 0.29) is 0 Å². The maximum absolute atomic E-state index is 5.92. The van der Waals surface area contributed by atoms with E-state index in [1.54, 1.807) is 6.07 Å². The van der Waals surface area contributed by atoms with Crippen LogP contribution < -0.4 is 4.90 Å². The van der Waals surface area contributed by atoms with E-state index in [0.717, 1.165) is 12.1 Å². The highest BCUT2D eigenvalue weighted by atomic mass is 35.5. The van der Waals surface area contributed by atoms with E-state index < -0.39 is 0 Å². The third-order valence-corrected chi connectivity index (χ3v) is 2.79. The molecular formula is C9H13Cl2N3. The van der Waals surface area contributed by atoms with Crippen molar-refractivity contribution in [1.82, 2.24) is 10.2 Å². The first kappa shape index (κ1) is 11.5. The van der Waals surface area contributed by atoms with Crippen molar-refractivity contribution in [3.8, 4) is 0 Å². The van der Waals surface area contributed by atoms with Gasteiger partial charge in [-0.1, -0.05) is 30.1 Å². The van der Waals surface area contributed by atoms with Gasteiger partial charge in [-0.15, -0.1) is 10.2 Å². The monoisotopic (exact) mass is 233 g/mol. The molecule has 5 heteroatoms. The normalized spacial score (nSPS) is 12.6. The molecule has 1 heterocycles. The lowest BCUT2D eigenvalue weighted by molar-refractivity contribution is 0.662. The molecule has 1 rings (SSSR count). The topological polar surface area (TPSA) is 29.0 Å². The minimum absolute atomic E-state index is 0.361. The average Bonchev–Trinajstić information content (AvgIpc) is 2.19. The molecule has 0 bridgehead atoms. The first-order valence-electron chi connectivity index (χ1n) is 4.47. The van der Waals surface area contributed by atoms with E-state index in [9.17, 15) is 0 Å². The van der Waals surface area contributed by atoms with Crippen molar-refractivity contribution >= 4 is 28.9 Å². The summed E-state index contributed by atoms with van der Waals surface area (Å²) in [6.45, 7) is 4.23. The number of hydrogen-bond donors (Lipinski definition) is 0. The Bertz CT molecular complexity index is 317. The van der Waals surface area contributed by atoms with E-state index in [1.807, 2.05) is 11.9 Å². The Balaban J connectivity index is 2.99. The summed E-state index contributed by atoms with van der Waals surface area (Å²) in [5.74, 6) is 0. The summed E-state index contributed by atoms with van der Waals surface area (Å²) >= 11 is 11.7. The van der Waals surface area contributed by atoms with E-state index in [4.69, 9.17) is 23.2 Å². The molecule has 0 aliphatic heterocycles. The van der Waals surface area contributed by atoms with Crippen molar-refractivity contribution in [1.29, 1.82) is 0 Å². The summed E-state index contributed by atoms with van der Waals surface area (Å²) in [5, 5.41) is 8.17. The van der Waals surface area contributed by atoms with Crippen LogP contribution in [0.15, 0.2) is 6.07 Å². The van der Waals surface area contributed by atoms with Gasteiger partial charge >= 0.3 is 0 Å². The molecule has 0 N–H and O–H groups in total. The average molecular weight is 234 g/mol. The van der Waals surface area contributed by atoms with Gasteiger partial charge in [0, 0.05) is 19.2 Å². The molecule has 78 valence electrons. The summed E-state index contributed by atoms with van der Waals surface area (Å²) in [7, 11) is 1.97. The third kappa shape index (κ3) is 2.49. The van der Waals surface area contributed by atoms with E-state index in [0.29, 0.717) is 16.3 Å². The Morgan fingerprint density at radius 2 is 2.07 bits per heavy atom. The largest absolute Gasteiger partial charge is 0.369 e. The summed E-state index contributed by atoms with van der Waals surface area (Å²) in [6, 6.07) is 2.12. The van der Waals surface area contributed by atoms with Crippen LogP contribution in [0.25, 0.3) is 0 Å². The van der Waals surface area contributed by atoms with Gasteiger partial charge in [-0.3, -0.25) is 0 Å². The minimum Gasteiger partial charge on any atom is -0.369 e. The summed E-state index contributed by atoms with van der Waals surface area (Å²) in [4.78, 5) is 2.04. The van der Waals surface area contributed by atoms with Crippen LogP contribution in [0.2, 0.25) is 10.3 Å². The zero-order chi connectivity index (χ0) is 10.7. The molecule has 1 aromatic heterocycles. The van der Waals surface area contributed by atoms with Gasteiger partial charge in [0.1, 0.15) is 0 Å². The van der Waals surface area contributed by atoms with Crippen molar-refractivity contribution in [3.63, 3.8) is 0 Å². The van der Waals surface area contributed by atoms with Crippen LogP contribution in [-0.2, 0) is 0 Å². The number of rotatable bonds is 3. The van der Waals surface area contributed by atoms with Gasteiger partial charge < -0.3 is 4.90 Å². The lowest BCUT2D eigenvalue weighted by Crippen LogP contribution is -2.28. The molecule has 0 radical (unpaired) electrons. The summed E-state index contributed by atoms with van der Waals surface area (Å²) in [6.07, 6.45) is 1.03. The van der Waals surface area contributed by atoms with Gasteiger partial charge in [0.05, 0.1) is 5.69 Å². The molecule has 1 unspecified atom stereocenters. The van der Waals surface area contributed by atoms with Crippen LogP contribution in [0.4, 0.5) is 5.69 Å². The van der Waals surface area contributed by atoms with E-state index in [1.165, 1.54) is 0 Å². The number of hydrogen-bond acceptors (Lipinski definition) is 3. The Labute approximate surface area is 94.0 Å². The number of nitrogens with zero attached hydrogens (tertiary/aromatic N) is 3. The number of halogens is 2. The molecule has 3 nitrogen and oxygen atoms in total. The molecule has 0 amide bonds. The molecule has 0 aliphatic rings. The molecule has 0 fully saturated rings. The fraction of sp³-hybridized carbons (Fsp3) is 0.556. The molecule has 0 aliphatic carbocycles. The van der Waals surface area contributed by atoms with Crippen LogP contribution >= 0.6 is 23.2 Å². The van der Waals surface area contributed by atoms with Crippen LogP contribution in [0.1, 0.15) is 20.3 Å². The molecular weight excluding hydrogens is 221 g/mol. The standard InChI is InChI=1S/C9H13Cl2N3/c1-4-6(2)14(3)7-5-8(10)12-13-9(7)11/h5-6H,4H2,1-3H3. The zero-order valence-electron chi connectivity index (χ0n) is 8.46. The smallest absolute Gasteiger partial charge is 0.175 e. The van der Waals surface area contributed by atoms with Gasteiger partial charge in [-0.05, 0) is 13.3 Å². The summed E-state index contributed by atoms with van der Waals surface area (Å²) in [5.41, 5.74) is 0.820. The number of anilines is 1. The lowest BCUT2D eigenvalue weighted by atomic mass is 10.2. The van der Waals surface area contributed by atoms with Crippen molar-refractivity contribution in [3.05, 3.63) is 16.4 Å². The van der Waals surface area contributed by atoms with Gasteiger partial charge in [0.2, 0.25) is 0 Å². The maximum Gasteiger partial charge on any atom is 0.175 e. The second-order valence-corrected chi connectivity index (χ2v) is 3.96. The number of aromatic nitrogens is 2. The van der Waals surface area contributed by atoms with Crippen LogP contribution in [-0.4, -0.2) is 23.3 Å². The predicted molar refractivity (Wildman–Crippen MR) is 60.2 cm³/mol. The first-order chi connectivity index (χ1) is 6.56. The highest BCUT2D eigenvalue weighted by Gasteiger charge is 2.13. The van der Waals surface area contributed by atoms with Crippen LogP contribution in [0.3, 0.4) is 0 Å². The fourth-order valence-corrected chi connectivity index (χ4v) is 1.47. The zero-order valence-corrected chi connectivity index (χ0v) is 9.97. The van der Waals surface area contributed by atoms with Gasteiger partial charge in [-0.25, -0.2) is 0 Å². The Morgan fingerprint density at radius 3 is 2.64 bits per heavy atom. The molecule has 0 saturated carbocycles. The predicted octanol–water partition coefficient (Wildman–Crippen LogP) is 3.02. The van der Waals surface area contributed by atoms with Crippen molar-refractivity contribution in [2.24, 2.45) is 0 Å². The Hall–Kier alpha value is -0.540. The van der Waals surface area contributed by atoms with Gasteiger partial charge in [0.25, 0.3) is 0 Å². The quantitative estimate of drug-likeness (QED) is 0.804. The highest BCUT2D eigenvalue weighted by molar-refractivity contribution is 6.33. The van der Waals surface area contributed by atoms with Gasteiger partial charge in [0.15, 0.2) is 10.3 Å². The second kappa shape index (κ2) is 4.80. The molecule has 0 aromatic carbocycles.